The molecule has 4 aromatic rings. The minimum Gasteiger partial charge on any atom is -0.494 e. The summed E-state index contributed by atoms with van der Waals surface area (Å²) in [6.45, 7) is 4.09. The van der Waals surface area contributed by atoms with Crippen molar-refractivity contribution in [2.24, 2.45) is 0 Å². The average Bonchev–Trinajstić information content (AvgIpc) is 3.06. The largest absolute Gasteiger partial charge is 0.494 e. The lowest BCUT2D eigenvalue weighted by Crippen LogP contribution is -2.53. The Morgan fingerprint density at radius 2 is 1.57 bits per heavy atom. The van der Waals surface area contributed by atoms with Gasteiger partial charge in [-0.1, -0.05) is 71.7 Å². The monoisotopic (exact) mass is 723 g/mol. The highest BCUT2D eigenvalue weighted by Crippen LogP contribution is 2.27. The van der Waals surface area contributed by atoms with Crippen molar-refractivity contribution >= 4 is 43.5 Å². The van der Waals surface area contributed by atoms with E-state index in [2.05, 4.69) is 21.2 Å². The summed E-state index contributed by atoms with van der Waals surface area (Å²) < 4.78 is 49.5. The van der Waals surface area contributed by atoms with Crippen LogP contribution in [0.4, 0.5) is 10.1 Å². The third kappa shape index (κ3) is 9.89. The summed E-state index contributed by atoms with van der Waals surface area (Å²) in [4.78, 5) is 29.7. The van der Waals surface area contributed by atoms with Crippen molar-refractivity contribution in [2.75, 3.05) is 24.0 Å². The van der Waals surface area contributed by atoms with Crippen LogP contribution < -0.4 is 14.4 Å². The summed E-state index contributed by atoms with van der Waals surface area (Å²) in [6.07, 6.45) is 1.85. The molecule has 4 aromatic carbocycles. The maximum Gasteiger partial charge on any atom is 0.264 e. The highest BCUT2D eigenvalue weighted by Gasteiger charge is 2.34. The molecule has 0 heterocycles. The average molecular weight is 725 g/mol. The molecule has 8 nitrogen and oxygen atoms in total. The predicted molar refractivity (Wildman–Crippen MR) is 185 cm³/mol. The topological polar surface area (TPSA) is 96.0 Å². The van der Waals surface area contributed by atoms with Gasteiger partial charge in [-0.05, 0) is 85.1 Å². The number of nitrogens with zero attached hydrogens (tertiary/aromatic N) is 2. The zero-order chi connectivity index (χ0) is 33.8. The smallest absolute Gasteiger partial charge is 0.264 e. The highest BCUT2D eigenvalue weighted by molar-refractivity contribution is 9.10. The molecular weight excluding hydrogens is 685 g/mol. The van der Waals surface area contributed by atoms with Gasteiger partial charge >= 0.3 is 0 Å². The zero-order valence-electron chi connectivity index (χ0n) is 26.4. The molecular formula is C36H39BrFN3O5S. The molecule has 0 saturated heterocycles. The van der Waals surface area contributed by atoms with Crippen LogP contribution in [-0.2, 0) is 32.6 Å². The molecule has 47 heavy (non-hydrogen) atoms. The van der Waals surface area contributed by atoms with E-state index in [-0.39, 0.29) is 29.5 Å². The molecule has 0 radical (unpaired) electrons. The number of anilines is 1. The molecule has 0 aliphatic heterocycles. The molecule has 0 aliphatic rings. The van der Waals surface area contributed by atoms with E-state index in [1.54, 1.807) is 0 Å². The van der Waals surface area contributed by atoms with Crippen LogP contribution >= 0.6 is 15.9 Å². The SMILES string of the molecule is CCCCNC(=O)C(Cc1ccccc1)N(Cc1cccc(Br)c1)C(=O)CN(c1ccc(F)cc1)S(=O)(=O)c1ccc(OCC)cc1. The minimum absolute atomic E-state index is 0.0390. The van der Waals surface area contributed by atoms with Crippen LogP contribution in [0.25, 0.3) is 0 Å². The number of benzene rings is 4. The van der Waals surface area contributed by atoms with Crippen LogP contribution in [0.15, 0.2) is 112 Å². The van der Waals surface area contributed by atoms with E-state index in [0.717, 1.165) is 44.9 Å². The number of amides is 2. The van der Waals surface area contributed by atoms with Gasteiger partial charge in [-0.2, -0.15) is 0 Å². The fourth-order valence-electron chi connectivity index (χ4n) is 5.03. The van der Waals surface area contributed by atoms with Crippen LogP contribution in [-0.4, -0.2) is 50.9 Å². The number of hydrogen-bond acceptors (Lipinski definition) is 5. The van der Waals surface area contributed by atoms with E-state index >= 15 is 0 Å². The third-order valence-electron chi connectivity index (χ3n) is 7.46. The molecule has 0 aliphatic carbocycles. The van der Waals surface area contributed by atoms with Gasteiger partial charge in [0.25, 0.3) is 10.0 Å². The third-order valence-corrected chi connectivity index (χ3v) is 9.74. The Morgan fingerprint density at radius 1 is 0.894 bits per heavy atom. The Morgan fingerprint density at radius 3 is 2.21 bits per heavy atom. The molecule has 1 unspecified atom stereocenters. The molecule has 0 bridgehead atoms. The Labute approximate surface area is 284 Å². The number of nitrogens with one attached hydrogen (secondary N) is 1. The molecule has 4 rings (SSSR count). The quantitative estimate of drug-likeness (QED) is 0.129. The van der Waals surface area contributed by atoms with E-state index in [1.165, 1.54) is 41.3 Å². The van der Waals surface area contributed by atoms with E-state index in [0.29, 0.717) is 18.9 Å². The van der Waals surface area contributed by atoms with Crippen molar-refractivity contribution in [1.29, 1.82) is 0 Å². The Bertz CT molecular complexity index is 1720. The standard InChI is InChI=1S/C36H39BrFN3O5S/c1-3-5-22-39-36(43)34(24-27-10-7-6-8-11-27)40(25-28-12-9-13-29(37)23-28)35(42)26-41(31-16-14-30(38)15-17-31)47(44,45)33-20-18-32(19-21-33)46-4-2/h6-21,23,34H,3-5,22,24-26H2,1-2H3,(H,39,43). The van der Waals surface area contributed by atoms with Crippen molar-refractivity contribution in [3.63, 3.8) is 0 Å². The van der Waals surface area contributed by atoms with Gasteiger partial charge in [-0.15, -0.1) is 0 Å². The molecule has 0 aromatic heterocycles. The molecule has 0 saturated carbocycles. The maximum absolute atomic E-state index is 14.5. The lowest BCUT2D eigenvalue weighted by molar-refractivity contribution is -0.140. The second-order valence-corrected chi connectivity index (χ2v) is 13.7. The van der Waals surface area contributed by atoms with Crippen LogP contribution in [0.5, 0.6) is 5.75 Å². The molecule has 2 amide bonds. The Balaban J connectivity index is 1.78. The van der Waals surface area contributed by atoms with Crippen LogP contribution in [0.1, 0.15) is 37.8 Å². The van der Waals surface area contributed by atoms with Gasteiger partial charge in [0.05, 0.1) is 17.2 Å². The van der Waals surface area contributed by atoms with Crippen LogP contribution in [0.2, 0.25) is 0 Å². The summed E-state index contributed by atoms with van der Waals surface area (Å²) in [5.74, 6) is -1.00. The summed E-state index contributed by atoms with van der Waals surface area (Å²) in [5, 5.41) is 2.97. The first kappa shape index (κ1) is 35.6. The van der Waals surface area contributed by atoms with Gasteiger partial charge in [0.2, 0.25) is 11.8 Å². The molecule has 0 spiro atoms. The normalized spacial score (nSPS) is 11.8. The maximum atomic E-state index is 14.5. The van der Waals surface area contributed by atoms with Gasteiger partial charge in [0.1, 0.15) is 24.2 Å². The van der Waals surface area contributed by atoms with Gasteiger partial charge in [-0.25, -0.2) is 12.8 Å². The summed E-state index contributed by atoms with van der Waals surface area (Å²) in [7, 11) is -4.33. The molecule has 1 atom stereocenters. The highest BCUT2D eigenvalue weighted by atomic mass is 79.9. The summed E-state index contributed by atoms with van der Waals surface area (Å²) in [5.41, 5.74) is 1.69. The van der Waals surface area contributed by atoms with E-state index < -0.39 is 34.3 Å². The number of sulfonamides is 1. The Kier molecular flexibility index (Phi) is 12.9. The number of rotatable bonds is 16. The fourth-order valence-corrected chi connectivity index (χ4v) is 6.89. The van der Waals surface area contributed by atoms with Gasteiger partial charge < -0.3 is 15.0 Å². The number of ether oxygens (including phenoxy) is 1. The van der Waals surface area contributed by atoms with Crippen LogP contribution in [0.3, 0.4) is 0 Å². The first-order valence-electron chi connectivity index (χ1n) is 15.5. The van der Waals surface area contributed by atoms with Crippen molar-refractivity contribution < 1.29 is 27.1 Å². The van der Waals surface area contributed by atoms with E-state index in [9.17, 15) is 22.4 Å². The first-order chi connectivity index (χ1) is 22.6. The zero-order valence-corrected chi connectivity index (χ0v) is 28.8. The number of unbranched alkanes of at least 4 members (excludes halogenated alkanes) is 1. The number of carbonyl (C=O) groups excluding carboxylic acids is 2. The first-order valence-corrected chi connectivity index (χ1v) is 17.7. The molecule has 1 N–H and O–H groups in total. The van der Waals surface area contributed by atoms with Gasteiger partial charge in [-0.3, -0.25) is 13.9 Å². The number of halogens is 2. The molecule has 0 fully saturated rings. The van der Waals surface area contributed by atoms with Crippen molar-refractivity contribution in [3.05, 3.63) is 125 Å². The van der Waals surface area contributed by atoms with Crippen molar-refractivity contribution in [1.82, 2.24) is 10.2 Å². The number of carbonyl (C=O) groups is 2. The van der Waals surface area contributed by atoms with Crippen molar-refractivity contribution in [3.8, 4) is 5.75 Å². The van der Waals surface area contributed by atoms with E-state index in [1.807, 2.05) is 68.4 Å². The Hall–Kier alpha value is -4.22. The second-order valence-electron chi connectivity index (χ2n) is 10.9. The van der Waals surface area contributed by atoms with E-state index in [4.69, 9.17) is 4.74 Å². The van der Waals surface area contributed by atoms with Crippen molar-refractivity contribution in [2.45, 2.75) is 50.6 Å². The van der Waals surface area contributed by atoms with Gasteiger partial charge in [0.15, 0.2) is 0 Å². The lowest BCUT2D eigenvalue weighted by atomic mass is 10.0. The van der Waals surface area contributed by atoms with Gasteiger partial charge in [0, 0.05) is 24.0 Å². The number of hydrogen-bond donors (Lipinski definition) is 1. The summed E-state index contributed by atoms with van der Waals surface area (Å²) >= 11 is 3.48. The molecule has 11 heteroatoms. The minimum atomic E-state index is -4.33. The van der Waals surface area contributed by atoms with Crippen LogP contribution in [0, 0.1) is 5.82 Å². The predicted octanol–water partition coefficient (Wildman–Crippen LogP) is 6.74. The fraction of sp³-hybridized carbons (Fsp3) is 0.278. The summed E-state index contributed by atoms with van der Waals surface area (Å²) in [6, 6.07) is 26.6. The second kappa shape index (κ2) is 17.1. The lowest BCUT2D eigenvalue weighted by Gasteiger charge is -2.34. The molecule has 248 valence electrons.